The predicted molar refractivity (Wildman–Crippen MR) is 77.4 cm³/mol. The van der Waals surface area contributed by atoms with Gasteiger partial charge in [0.2, 0.25) is 0 Å². The predicted octanol–water partition coefficient (Wildman–Crippen LogP) is 1.67. The Morgan fingerprint density at radius 2 is 2.00 bits per heavy atom. The molecule has 0 atom stereocenters. The topological polar surface area (TPSA) is 52.6 Å². The first-order valence-electron chi connectivity index (χ1n) is 7.38. The lowest BCUT2D eigenvalue weighted by molar-refractivity contribution is 0.0157. The molecule has 1 aromatic rings. The third-order valence-electron chi connectivity index (χ3n) is 4.50. The molecule has 2 aliphatic rings. The molecule has 0 unspecified atom stereocenters. The second-order valence-electron chi connectivity index (χ2n) is 6.18. The van der Waals surface area contributed by atoms with Crippen molar-refractivity contribution in [2.45, 2.75) is 44.4 Å². The molecule has 3 rings (SSSR count). The van der Waals surface area contributed by atoms with Crippen LogP contribution in [0.5, 0.6) is 0 Å². The van der Waals surface area contributed by atoms with E-state index < -0.39 is 5.60 Å². The van der Waals surface area contributed by atoms with E-state index in [1.807, 2.05) is 18.2 Å². The Kier molecular flexibility index (Phi) is 3.52. The van der Waals surface area contributed by atoms with Crippen LogP contribution in [0, 0.1) is 0 Å². The molecule has 1 aromatic carbocycles. The summed E-state index contributed by atoms with van der Waals surface area (Å²) in [5.41, 5.74) is 2.53. The molecule has 20 heavy (non-hydrogen) atoms. The minimum absolute atomic E-state index is 0.0000231. The Labute approximate surface area is 119 Å². The first-order chi connectivity index (χ1) is 9.57. The maximum Gasteiger partial charge on any atom is 0.253 e. The van der Waals surface area contributed by atoms with Crippen molar-refractivity contribution in [2.75, 3.05) is 13.6 Å². The Bertz CT molecular complexity index is 521. The minimum atomic E-state index is -0.678. The zero-order valence-corrected chi connectivity index (χ0v) is 12.0. The summed E-state index contributed by atoms with van der Waals surface area (Å²) in [6.07, 6.45) is 3.73. The van der Waals surface area contributed by atoms with Crippen LogP contribution in [0.25, 0.3) is 0 Å². The lowest BCUT2D eigenvalue weighted by Crippen LogP contribution is -2.42. The number of hydrogen-bond donors (Lipinski definition) is 2. The highest BCUT2D eigenvalue weighted by Gasteiger charge is 2.33. The smallest absolute Gasteiger partial charge is 0.253 e. The first-order valence-corrected chi connectivity index (χ1v) is 7.38. The van der Waals surface area contributed by atoms with Gasteiger partial charge in [-0.1, -0.05) is 18.9 Å². The fraction of sp³-hybridized carbons (Fsp3) is 0.562. The highest BCUT2D eigenvalue weighted by Crippen LogP contribution is 2.30. The van der Waals surface area contributed by atoms with Crippen LogP contribution in [0.15, 0.2) is 18.2 Å². The van der Waals surface area contributed by atoms with E-state index in [2.05, 4.69) is 5.32 Å². The number of carbonyl (C=O) groups excluding carboxylic acids is 1. The molecule has 1 amide bonds. The zero-order valence-electron chi connectivity index (χ0n) is 12.0. The van der Waals surface area contributed by atoms with Crippen LogP contribution in [0.3, 0.4) is 0 Å². The molecule has 108 valence electrons. The number of rotatable bonds is 3. The summed E-state index contributed by atoms with van der Waals surface area (Å²) < 4.78 is 0. The van der Waals surface area contributed by atoms with Gasteiger partial charge in [-0.25, -0.2) is 0 Å². The number of benzene rings is 1. The van der Waals surface area contributed by atoms with E-state index in [-0.39, 0.29) is 5.91 Å². The maximum absolute atomic E-state index is 12.5. The van der Waals surface area contributed by atoms with Gasteiger partial charge >= 0.3 is 0 Å². The Hall–Kier alpha value is -1.39. The Morgan fingerprint density at radius 3 is 2.75 bits per heavy atom. The monoisotopic (exact) mass is 274 g/mol. The van der Waals surface area contributed by atoms with Gasteiger partial charge in [-0.15, -0.1) is 0 Å². The summed E-state index contributed by atoms with van der Waals surface area (Å²) in [5, 5.41) is 13.7. The summed E-state index contributed by atoms with van der Waals surface area (Å²) >= 11 is 0. The molecule has 1 saturated carbocycles. The van der Waals surface area contributed by atoms with Gasteiger partial charge in [0, 0.05) is 32.2 Å². The highest BCUT2D eigenvalue weighted by molar-refractivity contribution is 5.94. The van der Waals surface area contributed by atoms with Crippen LogP contribution in [0.2, 0.25) is 0 Å². The second kappa shape index (κ2) is 5.19. The summed E-state index contributed by atoms with van der Waals surface area (Å²) in [4.78, 5) is 14.1. The van der Waals surface area contributed by atoms with Crippen molar-refractivity contribution in [1.29, 1.82) is 0 Å². The third-order valence-corrected chi connectivity index (χ3v) is 4.50. The molecule has 0 aromatic heterocycles. The Morgan fingerprint density at radius 1 is 1.30 bits per heavy atom. The van der Waals surface area contributed by atoms with Crippen molar-refractivity contribution in [1.82, 2.24) is 10.2 Å². The van der Waals surface area contributed by atoms with Gasteiger partial charge < -0.3 is 15.3 Å². The van der Waals surface area contributed by atoms with Crippen LogP contribution in [-0.2, 0) is 13.1 Å². The van der Waals surface area contributed by atoms with Crippen molar-refractivity contribution < 1.29 is 9.90 Å². The number of fused-ring (bicyclic) bond motifs is 1. The average molecular weight is 274 g/mol. The van der Waals surface area contributed by atoms with Gasteiger partial charge in [0.1, 0.15) is 0 Å². The molecular formula is C16H22N2O2. The molecule has 0 saturated heterocycles. The molecule has 0 spiro atoms. The average Bonchev–Trinajstić information content (AvgIpc) is 3.05. The van der Waals surface area contributed by atoms with Crippen molar-refractivity contribution >= 4 is 5.91 Å². The summed E-state index contributed by atoms with van der Waals surface area (Å²) in [6.45, 7) is 2.16. The standard InChI is InChI=1S/C16H22N2O2/c1-18(11-16(20)6-2-3-7-16)15(19)12-4-5-13-9-17-10-14(13)8-12/h4-5,8,17,20H,2-3,6-7,9-11H2,1H3. The fourth-order valence-electron chi connectivity index (χ4n) is 3.35. The van der Waals surface area contributed by atoms with Gasteiger partial charge in [-0.2, -0.15) is 0 Å². The third kappa shape index (κ3) is 2.58. The molecular weight excluding hydrogens is 252 g/mol. The van der Waals surface area contributed by atoms with E-state index in [1.54, 1.807) is 11.9 Å². The number of aliphatic hydroxyl groups is 1. The fourth-order valence-corrected chi connectivity index (χ4v) is 3.35. The number of likely N-dealkylation sites (N-methyl/N-ethyl adjacent to an activating group) is 1. The molecule has 4 nitrogen and oxygen atoms in total. The number of nitrogens with one attached hydrogen (secondary N) is 1. The summed E-state index contributed by atoms with van der Waals surface area (Å²) in [6, 6.07) is 5.90. The van der Waals surface area contributed by atoms with Crippen LogP contribution in [0.1, 0.15) is 47.2 Å². The lowest BCUT2D eigenvalue weighted by Gasteiger charge is -2.28. The number of nitrogens with zero attached hydrogens (tertiary/aromatic N) is 1. The van der Waals surface area contributed by atoms with E-state index in [1.165, 1.54) is 11.1 Å². The van der Waals surface area contributed by atoms with E-state index in [0.29, 0.717) is 6.54 Å². The van der Waals surface area contributed by atoms with Crippen molar-refractivity contribution in [2.24, 2.45) is 0 Å². The first kappa shape index (κ1) is 13.6. The number of carbonyl (C=O) groups is 1. The van der Waals surface area contributed by atoms with Gasteiger partial charge in [0.15, 0.2) is 0 Å². The van der Waals surface area contributed by atoms with E-state index in [0.717, 1.165) is 44.3 Å². The van der Waals surface area contributed by atoms with E-state index in [4.69, 9.17) is 0 Å². The van der Waals surface area contributed by atoms with Gasteiger partial charge in [0.05, 0.1) is 5.60 Å². The van der Waals surface area contributed by atoms with Gasteiger partial charge in [-0.05, 0) is 36.1 Å². The quantitative estimate of drug-likeness (QED) is 0.881. The number of hydrogen-bond acceptors (Lipinski definition) is 3. The number of amides is 1. The van der Waals surface area contributed by atoms with Crippen LogP contribution >= 0.6 is 0 Å². The molecule has 0 bridgehead atoms. The Balaban J connectivity index is 1.71. The van der Waals surface area contributed by atoms with Crippen molar-refractivity contribution in [3.05, 3.63) is 34.9 Å². The van der Waals surface area contributed by atoms with Gasteiger partial charge in [-0.3, -0.25) is 4.79 Å². The van der Waals surface area contributed by atoms with Crippen molar-refractivity contribution in [3.8, 4) is 0 Å². The van der Waals surface area contributed by atoms with Crippen LogP contribution in [0.4, 0.5) is 0 Å². The minimum Gasteiger partial charge on any atom is -0.388 e. The second-order valence-corrected chi connectivity index (χ2v) is 6.18. The SMILES string of the molecule is CN(CC1(O)CCCC1)C(=O)c1ccc2c(c1)CNC2. The summed E-state index contributed by atoms with van der Waals surface area (Å²) in [5.74, 6) is 0.0000231. The lowest BCUT2D eigenvalue weighted by atomic mass is 10.0. The molecule has 2 N–H and O–H groups in total. The molecule has 1 heterocycles. The van der Waals surface area contributed by atoms with Crippen LogP contribution in [-0.4, -0.2) is 35.1 Å². The summed E-state index contributed by atoms with van der Waals surface area (Å²) in [7, 11) is 1.78. The molecule has 0 radical (unpaired) electrons. The normalized spacial score (nSPS) is 19.9. The van der Waals surface area contributed by atoms with Gasteiger partial charge in [0.25, 0.3) is 5.91 Å². The van der Waals surface area contributed by atoms with E-state index >= 15 is 0 Å². The molecule has 1 aliphatic heterocycles. The molecule has 1 aliphatic carbocycles. The largest absolute Gasteiger partial charge is 0.388 e. The molecule has 1 fully saturated rings. The highest BCUT2D eigenvalue weighted by atomic mass is 16.3. The van der Waals surface area contributed by atoms with E-state index in [9.17, 15) is 9.90 Å². The maximum atomic E-state index is 12.5. The van der Waals surface area contributed by atoms with Crippen molar-refractivity contribution in [3.63, 3.8) is 0 Å². The zero-order chi connectivity index (χ0) is 14.2. The molecule has 4 heteroatoms. The van der Waals surface area contributed by atoms with Crippen LogP contribution < -0.4 is 5.32 Å².